The smallest absolute Gasteiger partial charge is 0.223 e. The Bertz CT molecular complexity index is 331. The van der Waals surface area contributed by atoms with E-state index in [9.17, 15) is 9.90 Å². The van der Waals surface area contributed by atoms with Gasteiger partial charge in [-0.1, -0.05) is 19.3 Å². The monoisotopic (exact) mass is 265 g/mol. The second-order valence-corrected chi connectivity index (χ2v) is 6.91. The van der Waals surface area contributed by atoms with Crippen molar-refractivity contribution in [3.05, 3.63) is 0 Å². The van der Waals surface area contributed by atoms with E-state index in [1.807, 2.05) is 4.90 Å². The van der Waals surface area contributed by atoms with Crippen LogP contribution in [0.4, 0.5) is 0 Å². The van der Waals surface area contributed by atoms with Crippen LogP contribution in [0.15, 0.2) is 0 Å². The molecule has 0 aromatic rings. The van der Waals surface area contributed by atoms with E-state index >= 15 is 0 Å². The molecule has 1 heterocycles. The molecule has 4 atom stereocenters. The first-order chi connectivity index (χ1) is 9.28. The van der Waals surface area contributed by atoms with Gasteiger partial charge in [0.1, 0.15) is 0 Å². The lowest BCUT2D eigenvalue weighted by atomic mass is 9.86. The van der Waals surface area contributed by atoms with Crippen LogP contribution >= 0.6 is 0 Å². The van der Waals surface area contributed by atoms with E-state index in [4.69, 9.17) is 0 Å². The molecule has 108 valence electrons. The number of likely N-dealkylation sites (tertiary alicyclic amines) is 1. The van der Waals surface area contributed by atoms with Crippen molar-refractivity contribution in [2.24, 2.45) is 17.8 Å². The first-order valence-electron chi connectivity index (χ1n) is 8.18. The van der Waals surface area contributed by atoms with Gasteiger partial charge in [-0.3, -0.25) is 4.79 Å². The zero-order chi connectivity index (χ0) is 13.2. The first kappa shape index (κ1) is 13.4. The van der Waals surface area contributed by atoms with Crippen molar-refractivity contribution in [3.63, 3.8) is 0 Å². The molecule has 3 fully saturated rings. The molecule has 3 heteroatoms. The van der Waals surface area contributed by atoms with Gasteiger partial charge in [-0.05, 0) is 49.9 Å². The number of hydrogen-bond acceptors (Lipinski definition) is 2. The van der Waals surface area contributed by atoms with Gasteiger partial charge in [0.25, 0.3) is 0 Å². The van der Waals surface area contributed by atoms with Gasteiger partial charge in [-0.2, -0.15) is 0 Å². The van der Waals surface area contributed by atoms with Crippen LogP contribution in [0, 0.1) is 17.8 Å². The molecule has 3 nitrogen and oxygen atoms in total. The Morgan fingerprint density at radius 2 is 2.00 bits per heavy atom. The number of aliphatic hydroxyl groups excluding tert-OH is 1. The van der Waals surface area contributed by atoms with Gasteiger partial charge in [0.2, 0.25) is 5.91 Å². The van der Waals surface area contributed by atoms with E-state index in [1.165, 1.54) is 32.1 Å². The zero-order valence-corrected chi connectivity index (χ0v) is 11.9. The lowest BCUT2D eigenvalue weighted by Gasteiger charge is -2.31. The minimum absolute atomic E-state index is 0.0913. The van der Waals surface area contributed by atoms with Gasteiger partial charge in [0, 0.05) is 13.0 Å². The fourth-order valence-corrected chi connectivity index (χ4v) is 4.66. The molecule has 2 saturated carbocycles. The summed E-state index contributed by atoms with van der Waals surface area (Å²) < 4.78 is 0. The third-order valence-corrected chi connectivity index (χ3v) is 5.73. The Morgan fingerprint density at radius 3 is 2.68 bits per heavy atom. The predicted octanol–water partition coefficient (Wildman–Crippen LogP) is 2.58. The molecule has 3 rings (SSSR count). The number of carbonyl (C=O) groups is 1. The van der Waals surface area contributed by atoms with Gasteiger partial charge in [-0.25, -0.2) is 0 Å². The summed E-state index contributed by atoms with van der Waals surface area (Å²) in [5.41, 5.74) is 0. The van der Waals surface area contributed by atoms with Crippen molar-refractivity contribution in [1.29, 1.82) is 0 Å². The minimum atomic E-state index is 0.0913. The van der Waals surface area contributed by atoms with Crippen LogP contribution in [-0.4, -0.2) is 35.1 Å². The molecule has 2 bridgehead atoms. The molecule has 0 aromatic heterocycles. The Hall–Kier alpha value is -0.570. The van der Waals surface area contributed by atoms with E-state index < -0.39 is 0 Å². The molecular weight excluding hydrogens is 238 g/mol. The number of hydrogen-bond donors (Lipinski definition) is 1. The van der Waals surface area contributed by atoms with Crippen LogP contribution in [-0.2, 0) is 4.79 Å². The molecule has 19 heavy (non-hydrogen) atoms. The van der Waals surface area contributed by atoms with Crippen LogP contribution < -0.4 is 0 Å². The summed E-state index contributed by atoms with van der Waals surface area (Å²) in [7, 11) is 0. The van der Waals surface area contributed by atoms with Crippen molar-refractivity contribution >= 4 is 5.91 Å². The molecule has 2 aliphatic carbocycles. The number of fused-ring (bicyclic) bond motifs is 2. The van der Waals surface area contributed by atoms with E-state index in [-0.39, 0.29) is 12.6 Å². The minimum Gasteiger partial charge on any atom is -0.394 e. The largest absolute Gasteiger partial charge is 0.394 e. The summed E-state index contributed by atoms with van der Waals surface area (Å²) in [6.45, 7) is 1.01. The van der Waals surface area contributed by atoms with Gasteiger partial charge >= 0.3 is 0 Å². The maximum absolute atomic E-state index is 12.6. The summed E-state index contributed by atoms with van der Waals surface area (Å²) in [6.07, 6.45) is 10.6. The third kappa shape index (κ3) is 2.81. The molecule has 0 spiro atoms. The summed E-state index contributed by atoms with van der Waals surface area (Å²) >= 11 is 0. The fourth-order valence-electron chi connectivity index (χ4n) is 4.66. The number of carbonyl (C=O) groups excluding carboxylic acids is 1. The number of nitrogens with zero attached hydrogens (tertiary/aromatic N) is 1. The first-order valence-corrected chi connectivity index (χ1v) is 8.18. The maximum Gasteiger partial charge on any atom is 0.223 e. The quantitative estimate of drug-likeness (QED) is 0.852. The molecule has 1 N–H and O–H groups in total. The predicted molar refractivity (Wildman–Crippen MR) is 74.6 cm³/mol. The van der Waals surface area contributed by atoms with Crippen LogP contribution in [0.5, 0.6) is 0 Å². The Balaban J connectivity index is 1.59. The lowest BCUT2D eigenvalue weighted by molar-refractivity contribution is -0.135. The fraction of sp³-hybridized carbons (Fsp3) is 0.938. The molecule has 1 amide bonds. The number of rotatable bonds is 3. The van der Waals surface area contributed by atoms with Crippen molar-refractivity contribution < 1.29 is 9.90 Å². The highest BCUT2D eigenvalue weighted by Gasteiger charge is 2.41. The van der Waals surface area contributed by atoms with E-state index in [1.54, 1.807) is 0 Å². The SMILES string of the molecule is O=C(CC1CC2CCC1C2)N1CCCCCC1CO. The van der Waals surface area contributed by atoms with Crippen molar-refractivity contribution in [1.82, 2.24) is 4.90 Å². The second kappa shape index (κ2) is 5.82. The van der Waals surface area contributed by atoms with Crippen LogP contribution in [0.2, 0.25) is 0 Å². The van der Waals surface area contributed by atoms with Crippen molar-refractivity contribution in [3.8, 4) is 0 Å². The molecule has 0 radical (unpaired) electrons. The Labute approximate surface area is 116 Å². The van der Waals surface area contributed by atoms with Crippen LogP contribution in [0.25, 0.3) is 0 Å². The van der Waals surface area contributed by atoms with Crippen LogP contribution in [0.1, 0.15) is 57.8 Å². The topological polar surface area (TPSA) is 40.5 Å². The van der Waals surface area contributed by atoms with Gasteiger partial charge in [0.05, 0.1) is 12.6 Å². The zero-order valence-electron chi connectivity index (χ0n) is 11.9. The Morgan fingerprint density at radius 1 is 1.11 bits per heavy atom. The normalized spacial score (nSPS) is 38.5. The highest BCUT2D eigenvalue weighted by atomic mass is 16.3. The van der Waals surface area contributed by atoms with Crippen molar-refractivity contribution in [2.45, 2.75) is 63.8 Å². The van der Waals surface area contributed by atoms with E-state index in [2.05, 4.69) is 0 Å². The summed E-state index contributed by atoms with van der Waals surface area (Å²) in [4.78, 5) is 14.6. The average Bonchev–Trinajstić information content (AvgIpc) is 2.93. The van der Waals surface area contributed by atoms with E-state index in [0.717, 1.165) is 44.1 Å². The highest BCUT2D eigenvalue weighted by molar-refractivity contribution is 5.77. The van der Waals surface area contributed by atoms with Gasteiger partial charge < -0.3 is 10.0 Å². The summed E-state index contributed by atoms with van der Waals surface area (Å²) in [6, 6.07) is 0.0913. The maximum atomic E-state index is 12.6. The molecular formula is C16H27NO2. The number of aliphatic hydroxyl groups is 1. The molecule has 1 aliphatic heterocycles. The van der Waals surface area contributed by atoms with Crippen molar-refractivity contribution in [2.75, 3.05) is 13.2 Å². The summed E-state index contributed by atoms with van der Waals surface area (Å²) in [5.74, 6) is 2.71. The standard InChI is InChI=1S/C16H27NO2/c18-11-15-4-2-1-3-7-17(15)16(19)10-14-9-12-5-6-13(14)8-12/h12-15,18H,1-11H2. The second-order valence-electron chi connectivity index (χ2n) is 6.91. The Kier molecular flexibility index (Phi) is 4.11. The highest BCUT2D eigenvalue weighted by Crippen LogP contribution is 2.49. The molecule has 4 unspecified atom stereocenters. The average molecular weight is 265 g/mol. The van der Waals surface area contributed by atoms with E-state index in [0.29, 0.717) is 11.8 Å². The molecule has 1 saturated heterocycles. The summed E-state index contributed by atoms with van der Waals surface area (Å²) in [5, 5.41) is 9.51. The molecule has 3 aliphatic rings. The van der Waals surface area contributed by atoms with Crippen LogP contribution in [0.3, 0.4) is 0 Å². The number of amides is 1. The third-order valence-electron chi connectivity index (χ3n) is 5.73. The van der Waals surface area contributed by atoms with Gasteiger partial charge in [0.15, 0.2) is 0 Å². The molecule has 0 aromatic carbocycles. The lowest BCUT2D eigenvalue weighted by Crippen LogP contribution is -2.43. The van der Waals surface area contributed by atoms with Gasteiger partial charge in [-0.15, -0.1) is 0 Å².